The lowest BCUT2D eigenvalue weighted by molar-refractivity contribution is -0.118. The minimum Gasteiger partial charge on any atom is -0.484 e. The molecule has 1 amide bonds. The van der Waals surface area contributed by atoms with Gasteiger partial charge in [0.15, 0.2) is 6.61 Å². The van der Waals surface area contributed by atoms with E-state index in [1.165, 1.54) is 0 Å². The van der Waals surface area contributed by atoms with E-state index in [2.05, 4.69) is 5.32 Å². The Bertz CT molecular complexity index is 657. The van der Waals surface area contributed by atoms with Crippen molar-refractivity contribution in [2.24, 2.45) is 0 Å². The molecular weight excluding hydrogens is 290 g/mol. The summed E-state index contributed by atoms with van der Waals surface area (Å²) in [5.41, 5.74) is 1.82. The van der Waals surface area contributed by atoms with Crippen molar-refractivity contribution in [3.63, 3.8) is 0 Å². The van der Waals surface area contributed by atoms with Crippen LogP contribution in [0.4, 0.5) is 5.69 Å². The molecule has 4 nitrogen and oxygen atoms in total. The zero-order valence-corrected chi connectivity index (χ0v) is 13.8. The van der Waals surface area contributed by atoms with Gasteiger partial charge in [0, 0.05) is 5.69 Å². The number of para-hydroxylation sites is 1. The minimum absolute atomic E-state index is 0.0556. The Morgan fingerprint density at radius 3 is 2.39 bits per heavy atom. The van der Waals surface area contributed by atoms with Crippen LogP contribution in [0.3, 0.4) is 0 Å². The van der Waals surface area contributed by atoms with Gasteiger partial charge in [0.1, 0.15) is 5.75 Å². The summed E-state index contributed by atoms with van der Waals surface area (Å²) in [5.74, 6) is 0.398. The van der Waals surface area contributed by atoms with Crippen molar-refractivity contribution in [3.8, 4) is 5.75 Å². The monoisotopic (exact) mass is 313 g/mol. The highest BCUT2D eigenvalue weighted by Gasteiger charge is 2.15. The number of hydrogen-bond donors (Lipinski definition) is 2. The van der Waals surface area contributed by atoms with E-state index >= 15 is 0 Å². The van der Waals surface area contributed by atoms with E-state index in [1.54, 1.807) is 38.1 Å². The Hall–Kier alpha value is -2.33. The van der Waals surface area contributed by atoms with Crippen LogP contribution in [0.2, 0.25) is 0 Å². The van der Waals surface area contributed by atoms with Crippen molar-refractivity contribution in [3.05, 3.63) is 59.7 Å². The lowest BCUT2D eigenvalue weighted by Crippen LogP contribution is -2.21. The quantitative estimate of drug-likeness (QED) is 0.858. The van der Waals surface area contributed by atoms with E-state index in [0.717, 1.165) is 23.2 Å². The Morgan fingerprint density at radius 2 is 1.78 bits per heavy atom. The SMILES string of the molecule is CCc1ccccc1NC(=O)COc1ccc(C(C)(C)O)cc1. The molecule has 0 unspecified atom stereocenters. The molecule has 2 aromatic carbocycles. The largest absolute Gasteiger partial charge is 0.484 e. The summed E-state index contributed by atoms with van der Waals surface area (Å²) in [6, 6.07) is 14.8. The molecule has 0 bridgehead atoms. The number of hydrogen-bond acceptors (Lipinski definition) is 3. The van der Waals surface area contributed by atoms with Gasteiger partial charge in [0.05, 0.1) is 5.60 Å². The van der Waals surface area contributed by atoms with Gasteiger partial charge < -0.3 is 15.2 Å². The highest BCUT2D eigenvalue weighted by Crippen LogP contribution is 2.22. The number of aryl methyl sites for hydroxylation is 1. The van der Waals surface area contributed by atoms with Crippen LogP contribution in [0.15, 0.2) is 48.5 Å². The second-order valence-corrected chi connectivity index (χ2v) is 5.93. The molecule has 0 saturated carbocycles. The predicted molar refractivity (Wildman–Crippen MR) is 91.6 cm³/mol. The van der Waals surface area contributed by atoms with E-state index in [1.807, 2.05) is 31.2 Å². The number of carbonyl (C=O) groups excluding carboxylic acids is 1. The molecule has 2 N–H and O–H groups in total. The second kappa shape index (κ2) is 7.29. The zero-order chi connectivity index (χ0) is 16.9. The first kappa shape index (κ1) is 17.0. The first-order valence-electron chi connectivity index (χ1n) is 7.73. The van der Waals surface area contributed by atoms with Crippen LogP contribution in [-0.2, 0) is 16.8 Å². The molecule has 4 heteroatoms. The molecule has 2 rings (SSSR count). The van der Waals surface area contributed by atoms with Crippen LogP contribution in [0.25, 0.3) is 0 Å². The lowest BCUT2D eigenvalue weighted by Gasteiger charge is -2.18. The van der Waals surface area contributed by atoms with E-state index in [0.29, 0.717) is 5.75 Å². The maximum atomic E-state index is 12.0. The highest BCUT2D eigenvalue weighted by molar-refractivity contribution is 5.92. The number of amides is 1. The summed E-state index contributed by atoms with van der Waals surface area (Å²) in [5, 5.41) is 12.8. The number of carbonyl (C=O) groups is 1. The fraction of sp³-hybridized carbons (Fsp3) is 0.316. The Labute approximate surface area is 137 Å². The number of benzene rings is 2. The molecule has 0 heterocycles. The number of nitrogens with one attached hydrogen (secondary N) is 1. The van der Waals surface area contributed by atoms with Gasteiger partial charge >= 0.3 is 0 Å². The summed E-state index contributed by atoms with van der Waals surface area (Å²) in [4.78, 5) is 12.0. The standard InChI is InChI=1S/C19H23NO3/c1-4-14-7-5-6-8-17(14)20-18(21)13-23-16-11-9-15(10-12-16)19(2,3)22/h5-12,22H,4,13H2,1-3H3,(H,20,21). The van der Waals surface area contributed by atoms with Gasteiger partial charge in [0.2, 0.25) is 0 Å². The first-order chi connectivity index (χ1) is 10.9. The van der Waals surface area contributed by atoms with E-state index in [-0.39, 0.29) is 12.5 Å². The minimum atomic E-state index is -0.889. The number of aliphatic hydroxyl groups is 1. The van der Waals surface area contributed by atoms with Crippen molar-refractivity contribution in [2.45, 2.75) is 32.8 Å². The maximum absolute atomic E-state index is 12.0. The fourth-order valence-corrected chi connectivity index (χ4v) is 2.24. The Kier molecular flexibility index (Phi) is 5.40. The Balaban J connectivity index is 1.92. The van der Waals surface area contributed by atoms with Crippen LogP contribution in [0.5, 0.6) is 5.75 Å². The number of anilines is 1. The second-order valence-electron chi connectivity index (χ2n) is 5.93. The van der Waals surface area contributed by atoms with Crippen molar-refractivity contribution in [1.82, 2.24) is 0 Å². The summed E-state index contributed by atoms with van der Waals surface area (Å²) in [7, 11) is 0. The summed E-state index contributed by atoms with van der Waals surface area (Å²) < 4.78 is 5.49. The molecule has 23 heavy (non-hydrogen) atoms. The number of rotatable bonds is 6. The lowest BCUT2D eigenvalue weighted by atomic mass is 9.99. The van der Waals surface area contributed by atoms with Crippen LogP contribution in [0.1, 0.15) is 31.9 Å². The van der Waals surface area contributed by atoms with E-state index in [4.69, 9.17) is 4.74 Å². The third kappa shape index (κ3) is 4.83. The Morgan fingerprint density at radius 1 is 1.13 bits per heavy atom. The molecule has 122 valence electrons. The summed E-state index contributed by atoms with van der Waals surface area (Å²) in [6.07, 6.45) is 0.857. The summed E-state index contributed by atoms with van der Waals surface area (Å²) in [6.45, 7) is 5.44. The molecular formula is C19H23NO3. The fourth-order valence-electron chi connectivity index (χ4n) is 2.24. The van der Waals surface area contributed by atoms with E-state index in [9.17, 15) is 9.90 Å². The van der Waals surface area contributed by atoms with Gasteiger partial charge in [-0.1, -0.05) is 37.3 Å². The van der Waals surface area contributed by atoms with E-state index < -0.39 is 5.60 Å². The molecule has 0 aliphatic heterocycles. The predicted octanol–water partition coefficient (Wildman–Crippen LogP) is 3.49. The average molecular weight is 313 g/mol. The van der Waals surface area contributed by atoms with Gasteiger partial charge in [-0.05, 0) is 49.6 Å². The van der Waals surface area contributed by atoms with Crippen LogP contribution in [0, 0.1) is 0 Å². The summed E-state index contributed by atoms with van der Waals surface area (Å²) >= 11 is 0. The maximum Gasteiger partial charge on any atom is 0.262 e. The normalized spacial score (nSPS) is 11.1. The van der Waals surface area contributed by atoms with Gasteiger partial charge in [-0.15, -0.1) is 0 Å². The van der Waals surface area contributed by atoms with Crippen molar-refractivity contribution in [1.29, 1.82) is 0 Å². The molecule has 0 aromatic heterocycles. The molecule has 0 radical (unpaired) electrons. The van der Waals surface area contributed by atoms with Crippen LogP contribution < -0.4 is 10.1 Å². The topological polar surface area (TPSA) is 58.6 Å². The number of ether oxygens (including phenoxy) is 1. The smallest absolute Gasteiger partial charge is 0.262 e. The highest BCUT2D eigenvalue weighted by atomic mass is 16.5. The van der Waals surface area contributed by atoms with Gasteiger partial charge in [-0.25, -0.2) is 0 Å². The van der Waals surface area contributed by atoms with Crippen molar-refractivity contribution in [2.75, 3.05) is 11.9 Å². The molecule has 0 fully saturated rings. The first-order valence-corrected chi connectivity index (χ1v) is 7.73. The van der Waals surface area contributed by atoms with Crippen LogP contribution >= 0.6 is 0 Å². The average Bonchev–Trinajstić information content (AvgIpc) is 2.53. The molecule has 0 aliphatic rings. The molecule has 2 aromatic rings. The molecule has 0 saturated heterocycles. The molecule has 0 aliphatic carbocycles. The van der Waals surface area contributed by atoms with Gasteiger partial charge in [-0.3, -0.25) is 4.79 Å². The van der Waals surface area contributed by atoms with Crippen LogP contribution in [-0.4, -0.2) is 17.6 Å². The van der Waals surface area contributed by atoms with Crippen molar-refractivity contribution >= 4 is 11.6 Å². The van der Waals surface area contributed by atoms with Crippen molar-refractivity contribution < 1.29 is 14.6 Å². The molecule has 0 atom stereocenters. The zero-order valence-electron chi connectivity index (χ0n) is 13.8. The third-order valence-electron chi connectivity index (χ3n) is 3.60. The van der Waals surface area contributed by atoms with Gasteiger partial charge in [-0.2, -0.15) is 0 Å². The van der Waals surface area contributed by atoms with Gasteiger partial charge in [0.25, 0.3) is 5.91 Å². The third-order valence-corrected chi connectivity index (χ3v) is 3.60. The molecule has 0 spiro atoms.